The number of ether oxygens (including phenoxy) is 3. The van der Waals surface area contributed by atoms with Crippen LogP contribution in [0.3, 0.4) is 0 Å². The van der Waals surface area contributed by atoms with E-state index in [4.69, 9.17) is 14.2 Å². The van der Waals surface area contributed by atoms with Crippen molar-refractivity contribution in [3.8, 4) is 17.2 Å². The van der Waals surface area contributed by atoms with Crippen LogP contribution in [0.1, 0.15) is 29.6 Å². The molecule has 0 aliphatic carbocycles. The molecule has 6 heteroatoms. The van der Waals surface area contributed by atoms with E-state index in [1.807, 2.05) is 12.1 Å². The summed E-state index contributed by atoms with van der Waals surface area (Å²) in [5.74, 6) is 1.68. The zero-order valence-corrected chi connectivity index (χ0v) is 14.6. The Morgan fingerprint density at radius 1 is 1.04 bits per heavy atom. The molecule has 1 amide bonds. The quantitative estimate of drug-likeness (QED) is 0.770. The molecule has 0 aromatic heterocycles. The van der Waals surface area contributed by atoms with E-state index in [1.54, 1.807) is 37.4 Å². The zero-order chi connectivity index (χ0) is 18.4. The lowest BCUT2D eigenvalue weighted by Crippen LogP contribution is -2.16. The fourth-order valence-electron chi connectivity index (χ4n) is 2.73. The summed E-state index contributed by atoms with van der Waals surface area (Å²) >= 11 is 0. The van der Waals surface area contributed by atoms with E-state index in [1.165, 1.54) is 0 Å². The van der Waals surface area contributed by atoms with Crippen molar-refractivity contribution in [2.45, 2.75) is 19.3 Å². The smallest absolute Gasteiger partial charge is 0.224 e. The van der Waals surface area contributed by atoms with Crippen LogP contribution in [0.2, 0.25) is 0 Å². The Hall–Kier alpha value is -3.02. The van der Waals surface area contributed by atoms with E-state index in [2.05, 4.69) is 5.32 Å². The first-order valence-corrected chi connectivity index (χ1v) is 8.53. The molecule has 1 N–H and O–H groups in total. The highest BCUT2D eigenvalue weighted by atomic mass is 16.6. The van der Waals surface area contributed by atoms with E-state index in [9.17, 15) is 9.59 Å². The normalized spacial score (nSPS) is 12.3. The average Bonchev–Trinajstić information content (AvgIpc) is 2.68. The number of ketones is 1. The highest BCUT2D eigenvalue weighted by Crippen LogP contribution is 2.31. The van der Waals surface area contributed by atoms with Crippen LogP contribution in [0, 0.1) is 0 Å². The molecule has 1 aliphatic heterocycles. The number of carbonyl (C=O) groups excluding carboxylic acids is 2. The van der Waals surface area contributed by atoms with Crippen molar-refractivity contribution in [2.75, 3.05) is 25.6 Å². The van der Waals surface area contributed by atoms with Crippen molar-refractivity contribution in [3.05, 3.63) is 48.0 Å². The number of anilines is 1. The fraction of sp³-hybridized carbons (Fsp3) is 0.300. The van der Waals surface area contributed by atoms with Crippen LogP contribution < -0.4 is 19.5 Å². The molecule has 0 spiro atoms. The molecule has 2 aromatic rings. The van der Waals surface area contributed by atoms with Crippen molar-refractivity contribution >= 4 is 17.4 Å². The number of hydrogen-bond acceptors (Lipinski definition) is 5. The van der Waals surface area contributed by atoms with Gasteiger partial charge in [0.05, 0.1) is 12.8 Å². The first kappa shape index (κ1) is 17.8. The van der Waals surface area contributed by atoms with Gasteiger partial charge < -0.3 is 19.5 Å². The van der Waals surface area contributed by atoms with Crippen molar-refractivity contribution in [1.29, 1.82) is 0 Å². The maximum Gasteiger partial charge on any atom is 0.224 e. The van der Waals surface area contributed by atoms with Crippen molar-refractivity contribution < 1.29 is 23.8 Å². The van der Waals surface area contributed by atoms with E-state index in [-0.39, 0.29) is 18.1 Å². The number of benzene rings is 2. The molecular weight excluding hydrogens is 334 g/mol. The first-order chi connectivity index (χ1) is 12.7. The van der Waals surface area contributed by atoms with E-state index >= 15 is 0 Å². The molecular formula is C20H21NO5. The number of Topliss-reactive ketones (excluding diaryl/α,β-unsaturated/α-hetero) is 1. The number of amides is 1. The molecule has 0 atom stereocenters. The summed E-state index contributed by atoms with van der Waals surface area (Å²) in [6, 6.07) is 12.4. The fourth-order valence-corrected chi connectivity index (χ4v) is 2.73. The molecule has 136 valence electrons. The van der Waals surface area contributed by atoms with Crippen molar-refractivity contribution in [2.24, 2.45) is 0 Å². The van der Waals surface area contributed by atoms with Crippen molar-refractivity contribution in [1.82, 2.24) is 0 Å². The molecule has 0 radical (unpaired) electrons. The van der Waals surface area contributed by atoms with Gasteiger partial charge in [-0.1, -0.05) is 12.1 Å². The topological polar surface area (TPSA) is 73.9 Å². The number of carbonyl (C=O) groups is 2. The Kier molecular flexibility index (Phi) is 5.73. The summed E-state index contributed by atoms with van der Waals surface area (Å²) in [5, 5.41) is 2.80. The largest absolute Gasteiger partial charge is 0.495 e. The van der Waals surface area contributed by atoms with Gasteiger partial charge in [-0.2, -0.15) is 0 Å². The van der Waals surface area contributed by atoms with Gasteiger partial charge in [0.15, 0.2) is 17.3 Å². The Morgan fingerprint density at radius 2 is 1.81 bits per heavy atom. The maximum absolute atomic E-state index is 12.3. The van der Waals surface area contributed by atoms with Crippen LogP contribution >= 0.6 is 0 Å². The lowest BCUT2D eigenvalue weighted by Gasteiger charge is -2.18. The lowest BCUT2D eigenvalue weighted by atomic mass is 10.0. The van der Waals surface area contributed by atoms with Crippen LogP contribution in [-0.4, -0.2) is 32.0 Å². The van der Waals surface area contributed by atoms with Gasteiger partial charge in [-0.15, -0.1) is 0 Å². The monoisotopic (exact) mass is 355 g/mol. The number of para-hydroxylation sites is 2. The summed E-state index contributed by atoms with van der Waals surface area (Å²) in [7, 11) is 1.55. The Morgan fingerprint density at radius 3 is 2.62 bits per heavy atom. The van der Waals surface area contributed by atoms with Gasteiger partial charge in [0, 0.05) is 18.4 Å². The molecule has 0 unspecified atom stereocenters. The predicted octanol–water partition coefficient (Wildman–Crippen LogP) is 3.46. The Bertz CT molecular complexity index is 803. The molecule has 26 heavy (non-hydrogen) atoms. The van der Waals surface area contributed by atoms with Gasteiger partial charge in [-0.05, 0) is 36.8 Å². The third kappa shape index (κ3) is 4.33. The summed E-state index contributed by atoms with van der Waals surface area (Å²) in [6.45, 7) is 0.995. The van der Waals surface area contributed by atoms with Gasteiger partial charge in [-0.25, -0.2) is 0 Å². The van der Waals surface area contributed by atoms with Crippen LogP contribution in [0.25, 0.3) is 0 Å². The summed E-state index contributed by atoms with van der Waals surface area (Å²) in [6.07, 6.45) is 1.02. The minimum absolute atomic E-state index is 0.0212. The Labute approximate surface area is 152 Å². The molecule has 6 nitrogen and oxygen atoms in total. The number of rotatable bonds is 7. The van der Waals surface area contributed by atoms with E-state index < -0.39 is 0 Å². The molecule has 0 bridgehead atoms. The summed E-state index contributed by atoms with van der Waals surface area (Å²) in [4.78, 5) is 24.4. The molecule has 0 saturated heterocycles. The minimum atomic E-state index is -0.149. The summed E-state index contributed by atoms with van der Waals surface area (Å²) < 4.78 is 16.1. The maximum atomic E-state index is 12.3. The standard InChI is InChI=1S/C20H21NO5/c1-24-17-7-3-2-5-15(17)21-20(23)8-4-6-16(22)14-9-10-18-19(13-14)26-12-11-25-18/h2-3,5,7,9-10,13H,4,6,8,11-12H2,1H3,(H,21,23). The Balaban J connectivity index is 1.50. The second-order valence-corrected chi connectivity index (χ2v) is 5.88. The van der Waals surface area contributed by atoms with Crippen LogP contribution in [0.15, 0.2) is 42.5 Å². The first-order valence-electron chi connectivity index (χ1n) is 8.53. The number of nitrogens with one attached hydrogen (secondary N) is 1. The zero-order valence-electron chi connectivity index (χ0n) is 14.6. The van der Waals surface area contributed by atoms with Gasteiger partial charge in [0.1, 0.15) is 19.0 Å². The molecule has 3 rings (SSSR count). The average molecular weight is 355 g/mol. The van der Waals surface area contributed by atoms with E-state index in [0.717, 1.165) is 0 Å². The molecule has 1 aliphatic rings. The second-order valence-electron chi connectivity index (χ2n) is 5.88. The molecule has 0 fully saturated rings. The van der Waals surface area contributed by atoms with Gasteiger partial charge in [0.2, 0.25) is 5.91 Å². The van der Waals surface area contributed by atoms with Gasteiger partial charge in [-0.3, -0.25) is 9.59 Å². The van der Waals surface area contributed by atoms with E-state index in [0.29, 0.717) is 54.6 Å². The number of hydrogen-bond donors (Lipinski definition) is 1. The lowest BCUT2D eigenvalue weighted by molar-refractivity contribution is -0.116. The second kappa shape index (κ2) is 8.38. The number of fused-ring (bicyclic) bond motifs is 1. The van der Waals surface area contributed by atoms with Crippen LogP contribution in [0.5, 0.6) is 17.2 Å². The molecule has 2 aromatic carbocycles. The highest BCUT2D eigenvalue weighted by Gasteiger charge is 2.15. The SMILES string of the molecule is COc1ccccc1NC(=O)CCCC(=O)c1ccc2c(c1)OCCO2. The summed E-state index contributed by atoms with van der Waals surface area (Å²) in [5.41, 5.74) is 1.19. The predicted molar refractivity (Wildman–Crippen MR) is 97.2 cm³/mol. The van der Waals surface area contributed by atoms with Crippen LogP contribution in [-0.2, 0) is 4.79 Å². The van der Waals surface area contributed by atoms with Crippen LogP contribution in [0.4, 0.5) is 5.69 Å². The van der Waals surface area contributed by atoms with Gasteiger partial charge in [0.25, 0.3) is 0 Å². The minimum Gasteiger partial charge on any atom is -0.495 e. The van der Waals surface area contributed by atoms with Gasteiger partial charge >= 0.3 is 0 Å². The third-order valence-corrected chi connectivity index (χ3v) is 4.05. The third-order valence-electron chi connectivity index (χ3n) is 4.05. The highest BCUT2D eigenvalue weighted by molar-refractivity contribution is 5.97. The molecule has 0 saturated carbocycles. The molecule has 1 heterocycles. The van der Waals surface area contributed by atoms with Crippen molar-refractivity contribution in [3.63, 3.8) is 0 Å². The number of methoxy groups -OCH3 is 1.